The van der Waals surface area contributed by atoms with Crippen molar-refractivity contribution in [1.82, 2.24) is 9.88 Å². The molecule has 3 heterocycles. The Labute approximate surface area is 181 Å². The van der Waals surface area contributed by atoms with Gasteiger partial charge in [0.25, 0.3) is 0 Å². The monoisotopic (exact) mass is 420 g/mol. The molecule has 162 valence electrons. The molecule has 0 aliphatic carbocycles. The Morgan fingerprint density at radius 2 is 2.16 bits per heavy atom. The van der Waals surface area contributed by atoms with E-state index in [0.717, 1.165) is 39.0 Å². The molecule has 7 heteroatoms. The molecule has 1 atom stereocenters. The average molecular weight is 421 g/mol. The van der Waals surface area contributed by atoms with Crippen molar-refractivity contribution in [1.29, 1.82) is 0 Å². The van der Waals surface area contributed by atoms with Crippen molar-refractivity contribution in [3.8, 4) is 0 Å². The number of hydrogen-bond acceptors (Lipinski definition) is 5. The van der Waals surface area contributed by atoms with Gasteiger partial charge in [-0.3, -0.25) is 9.59 Å². The second-order valence-electron chi connectivity index (χ2n) is 8.34. The maximum atomic E-state index is 13.0. The van der Waals surface area contributed by atoms with Crippen LogP contribution in [0, 0.1) is 12.8 Å². The molecule has 0 saturated carbocycles. The summed E-state index contributed by atoms with van der Waals surface area (Å²) in [6.07, 6.45) is 3.48. The summed E-state index contributed by atoms with van der Waals surface area (Å²) < 4.78 is 6.04. The number of benzene rings is 1. The normalized spacial score (nSPS) is 14.3. The van der Waals surface area contributed by atoms with Crippen molar-refractivity contribution in [3.63, 3.8) is 0 Å². The number of hydrogen-bond donors (Lipinski definition) is 2. The zero-order chi connectivity index (χ0) is 22.1. The molecule has 0 radical (unpaired) electrons. The van der Waals surface area contributed by atoms with Crippen molar-refractivity contribution >= 4 is 28.6 Å². The highest BCUT2D eigenvalue weighted by Crippen LogP contribution is 2.29. The summed E-state index contributed by atoms with van der Waals surface area (Å²) in [5, 5.41) is 3.83. The number of carbonyl (C=O) groups is 2. The first kappa shape index (κ1) is 21.1. The molecule has 1 aliphatic heterocycles. The van der Waals surface area contributed by atoms with Gasteiger partial charge in [-0.25, -0.2) is 4.98 Å². The molecule has 1 aliphatic rings. The fraction of sp³-hybridized carbons (Fsp3) is 0.375. The highest BCUT2D eigenvalue weighted by Gasteiger charge is 2.23. The Balaban J connectivity index is 1.45. The van der Waals surface area contributed by atoms with Crippen molar-refractivity contribution in [2.75, 3.05) is 12.4 Å². The summed E-state index contributed by atoms with van der Waals surface area (Å²) in [5.74, 6) is 1.26. The Hall–Kier alpha value is -3.19. The van der Waals surface area contributed by atoms with Crippen molar-refractivity contribution in [3.05, 3.63) is 58.5 Å². The van der Waals surface area contributed by atoms with E-state index in [4.69, 9.17) is 10.2 Å². The molecule has 0 fully saturated rings. The van der Waals surface area contributed by atoms with Gasteiger partial charge in [0.1, 0.15) is 17.2 Å². The fourth-order valence-corrected chi connectivity index (χ4v) is 4.28. The lowest BCUT2D eigenvalue weighted by Crippen LogP contribution is -2.32. The van der Waals surface area contributed by atoms with Gasteiger partial charge in [0.15, 0.2) is 0 Å². The molecule has 2 aromatic heterocycles. The van der Waals surface area contributed by atoms with Crippen molar-refractivity contribution < 1.29 is 14.0 Å². The van der Waals surface area contributed by atoms with Crippen LogP contribution in [0.15, 0.2) is 34.9 Å². The SMILES string of the molecule is Cc1c(CN(C)C(=O)C(C)Cc2cnc3c(c2)CCC(=O)N3)oc2cccc(CN)c12. The van der Waals surface area contributed by atoms with Crippen LogP contribution >= 0.6 is 0 Å². The van der Waals surface area contributed by atoms with Gasteiger partial charge in [-0.2, -0.15) is 0 Å². The first-order valence-corrected chi connectivity index (χ1v) is 10.6. The minimum Gasteiger partial charge on any atom is -0.459 e. The number of nitrogens with two attached hydrogens (primary N) is 1. The van der Waals surface area contributed by atoms with Gasteiger partial charge in [-0.05, 0) is 42.5 Å². The summed E-state index contributed by atoms with van der Waals surface area (Å²) >= 11 is 0. The van der Waals surface area contributed by atoms with E-state index in [1.165, 1.54) is 0 Å². The zero-order valence-electron chi connectivity index (χ0n) is 18.2. The highest BCUT2D eigenvalue weighted by atomic mass is 16.3. The molecule has 1 unspecified atom stereocenters. The Bertz CT molecular complexity index is 1150. The van der Waals surface area contributed by atoms with E-state index < -0.39 is 0 Å². The molecule has 0 saturated heterocycles. The van der Waals surface area contributed by atoms with E-state index in [1.54, 1.807) is 18.1 Å². The van der Waals surface area contributed by atoms with Crippen LogP contribution in [0.25, 0.3) is 11.0 Å². The second-order valence-corrected chi connectivity index (χ2v) is 8.34. The van der Waals surface area contributed by atoms with Crippen LogP contribution in [-0.2, 0) is 35.5 Å². The predicted molar refractivity (Wildman–Crippen MR) is 119 cm³/mol. The smallest absolute Gasteiger partial charge is 0.225 e. The lowest BCUT2D eigenvalue weighted by molar-refractivity contribution is -0.134. The van der Waals surface area contributed by atoms with Gasteiger partial charge in [-0.1, -0.05) is 25.1 Å². The zero-order valence-corrected chi connectivity index (χ0v) is 18.2. The number of fused-ring (bicyclic) bond motifs is 2. The van der Waals surface area contributed by atoms with E-state index in [2.05, 4.69) is 10.3 Å². The topological polar surface area (TPSA) is 101 Å². The highest BCUT2D eigenvalue weighted by molar-refractivity contribution is 5.92. The average Bonchev–Trinajstić information content (AvgIpc) is 3.08. The minimum atomic E-state index is -0.202. The number of anilines is 1. The number of aryl methyl sites for hydroxylation is 2. The Kier molecular flexibility index (Phi) is 5.78. The van der Waals surface area contributed by atoms with Crippen molar-refractivity contribution in [2.24, 2.45) is 11.7 Å². The molecule has 3 aromatic rings. The van der Waals surface area contributed by atoms with Crippen LogP contribution in [0.1, 0.15) is 41.4 Å². The number of aromatic nitrogens is 1. The molecular formula is C24H28N4O3. The standard InChI is InChI=1S/C24H28N4O3/c1-14(9-16-10-17-7-8-21(29)27-23(17)26-12-16)24(30)28(3)13-20-15(2)22-18(11-25)5-4-6-19(22)31-20/h4-6,10,12,14H,7-9,11,13,25H2,1-3H3,(H,26,27,29). The fourth-order valence-electron chi connectivity index (χ4n) is 4.28. The summed E-state index contributed by atoms with van der Waals surface area (Å²) in [7, 11) is 1.80. The minimum absolute atomic E-state index is 0.00242. The van der Waals surface area contributed by atoms with E-state index >= 15 is 0 Å². The van der Waals surface area contributed by atoms with Crippen LogP contribution in [0.2, 0.25) is 0 Å². The largest absolute Gasteiger partial charge is 0.459 e. The molecule has 31 heavy (non-hydrogen) atoms. The predicted octanol–water partition coefficient (Wildman–Crippen LogP) is 3.32. The summed E-state index contributed by atoms with van der Waals surface area (Å²) in [5.41, 5.74) is 10.8. The number of rotatable bonds is 6. The maximum Gasteiger partial charge on any atom is 0.225 e. The van der Waals surface area contributed by atoms with Gasteiger partial charge < -0.3 is 20.4 Å². The molecule has 3 N–H and O–H groups in total. The van der Waals surface area contributed by atoms with Gasteiger partial charge in [-0.15, -0.1) is 0 Å². The third-order valence-corrected chi connectivity index (χ3v) is 5.98. The molecule has 4 rings (SSSR count). The van der Waals surface area contributed by atoms with E-state index in [-0.39, 0.29) is 17.7 Å². The molecule has 0 spiro atoms. The molecular weight excluding hydrogens is 392 g/mol. The van der Waals surface area contributed by atoms with Crippen LogP contribution in [0.5, 0.6) is 0 Å². The van der Waals surface area contributed by atoms with Gasteiger partial charge in [0.05, 0.1) is 6.54 Å². The lowest BCUT2D eigenvalue weighted by atomic mass is 9.97. The molecule has 7 nitrogen and oxygen atoms in total. The second kappa shape index (κ2) is 8.51. The van der Waals surface area contributed by atoms with Crippen LogP contribution in [-0.4, -0.2) is 28.7 Å². The number of furan rings is 1. The third kappa shape index (κ3) is 4.18. The van der Waals surface area contributed by atoms with Crippen molar-refractivity contribution in [2.45, 2.75) is 46.2 Å². The summed E-state index contributed by atoms with van der Waals surface area (Å²) in [4.78, 5) is 30.6. The third-order valence-electron chi connectivity index (χ3n) is 5.98. The Morgan fingerprint density at radius 1 is 1.35 bits per heavy atom. The molecule has 1 aromatic carbocycles. The summed E-state index contributed by atoms with van der Waals surface area (Å²) in [6, 6.07) is 7.92. The van der Waals surface area contributed by atoms with Gasteiger partial charge >= 0.3 is 0 Å². The first-order chi connectivity index (χ1) is 14.9. The first-order valence-electron chi connectivity index (χ1n) is 10.6. The maximum absolute atomic E-state index is 13.0. The van der Waals surface area contributed by atoms with Gasteiger partial charge in [0.2, 0.25) is 11.8 Å². The number of carbonyl (C=O) groups excluding carboxylic acids is 2. The summed E-state index contributed by atoms with van der Waals surface area (Å²) in [6.45, 7) is 4.79. The number of amides is 2. The molecule has 2 amide bonds. The van der Waals surface area contributed by atoms with Crippen LogP contribution < -0.4 is 11.1 Å². The van der Waals surface area contributed by atoms with Gasteiger partial charge in [0, 0.05) is 43.1 Å². The lowest BCUT2D eigenvalue weighted by Gasteiger charge is -2.22. The Morgan fingerprint density at radius 3 is 2.94 bits per heavy atom. The van der Waals surface area contributed by atoms with E-state index in [1.807, 2.05) is 38.1 Å². The number of nitrogens with zero attached hydrogens (tertiary/aromatic N) is 2. The van der Waals surface area contributed by atoms with E-state index in [9.17, 15) is 9.59 Å². The van der Waals surface area contributed by atoms with Crippen LogP contribution in [0.3, 0.4) is 0 Å². The number of nitrogens with one attached hydrogen (secondary N) is 1. The number of pyridine rings is 1. The quantitative estimate of drug-likeness (QED) is 0.637. The van der Waals surface area contributed by atoms with Crippen LogP contribution in [0.4, 0.5) is 5.82 Å². The molecule has 0 bridgehead atoms. The van der Waals surface area contributed by atoms with E-state index in [0.29, 0.717) is 38.2 Å².